The van der Waals surface area contributed by atoms with Gasteiger partial charge < -0.3 is 10.6 Å². The fraction of sp³-hybridized carbons (Fsp3) is 0.938. The van der Waals surface area contributed by atoms with Gasteiger partial charge in [0.25, 0.3) is 0 Å². The van der Waals surface area contributed by atoms with Crippen LogP contribution in [0.25, 0.3) is 0 Å². The van der Waals surface area contributed by atoms with Crippen LogP contribution >= 0.6 is 24.0 Å². The van der Waals surface area contributed by atoms with Gasteiger partial charge in [0.05, 0.1) is 0 Å². The van der Waals surface area contributed by atoms with Crippen LogP contribution in [-0.4, -0.2) is 80.9 Å². The normalized spacial score (nSPS) is 23.9. The van der Waals surface area contributed by atoms with Crippen molar-refractivity contribution in [1.29, 1.82) is 0 Å². The molecule has 2 heterocycles. The molecule has 1 unspecified atom stereocenters. The van der Waals surface area contributed by atoms with Crippen LogP contribution < -0.4 is 10.6 Å². The third-order valence-electron chi connectivity index (χ3n) is 5.31. The summed E-state index contributed by atoms with van der Waals surface area (Å²) in [6.07, 6.45) is 4.17. The number of guanidine groups is 1. The van der Waals surface area contributed by atoms with Crippen LogP contribution in [0.15, 0.2) is 4.99 Å². The first-order chi connectivity index (χ1) is 12.7. The molecular weight excluding hydrogens is 510 g/mol. The molecule has 0 aromatic rings. The highest BCUT2D eigenvalue weighted by molar-refractivity contribution is 14.0. The van der Waals surface area contributed by atoms with E-state index >= 15 is 0 Å². The molecule has 7 nitrogen and oxygen atoms in total. The minimum Gasteiger partial charge on any atom is -0.355 e. The van der Waals surface area contributed by atoms with Crippen LogP contribution in [0.3, 0.4) is 0 Å². The summed E-state index contributed by atoms with van der Waals surface area (Å²) >= 11 is 0. The Morgan fingerprint density at radius 2 is 1.79 bits per heavy atom. The van der Waals surface area contributed by atoms with Crippen molar-refractivity contribution >= 4 is 40.0 Å². The molecule has 166 valence electrons. The summed E-state index contributed by atoms with van der Waals surface area (Å²) in [6.45, 7) is 4.71. The predicted molar refractivity (Wildman–Crippen MR) is 114 cm³/mol. The van der Waals surface area contributed by atoms with Crippen molar-refractivity contribution in [3.05, 3.63) is 0 Å². The van der Waals surface area contributed by atoms with Gasteiger partial charge >= 0.3 is 15.5 Å². The average Bonchev–Trinajstić information content (AvgIpc) is 2.64. The summed E-state index contributed by atoms with van der Waals surface area (Å²) in [5.74, 6) is 0.605. The summed E-state index contributed by atoms with van der Waals surface area (Å²) in [4.78, 5) is 6.62. The van der Waals surface area contributed by atoms with Gasteiger partial charge in [0, 0.05) is 38.8 Å². The third-order valence-corrected chi connectivity index (χ3v) is 6.94. The van der Waals surface area contributed by atoms with Gasteiger partial charge in [-0.05, 0) is 38.8 Å². The van der Waals surface area contributed by atoms with Crippen LogP contribution in [0.5, 0.6) is 0 Å². The van der Waals surface area contributed by atoms with Crippen molar-refractivity contribution in [1.82, 2.24) is 19.8 Å². The number of nitrogens with one attached hydrogen (secondary N) is 2. The summed E-state index contributed by atoms with van der Waals surface area (Å²) in [5, 5.41) is 6.51. The smallest absolute Gasteiger partial charge is 0.355 e. The maximum atomic E-state index is 12.6. The first kappa shape index (κ1) is 25.7. The zero-order chi connectivity index (χ0) is 20.1. The topological polar surface area (TPSA) is 77.0 Å². The Bertz CT molecular complexity index is 610. The molecule has 2 fully saturated rings. The Balaban J connectivity index is 0.00000392. The number of likely N-dealkylation sites (N-methyl/N-ethyl adjacent to an activating group) is 1. The maximum Gasteiger partial charge on any atom is 0.511 e. The molecule has 2 rings (SSSR count). The van der Waals surface area contributed by atoms with E-state index in [-0.39, 0.29) is 43.1 Å². The number of nitrogens with zero attached hydrogens (tertiary/aromatic N) is 3. The van der Waals surface area contributed by atoms with Crippen LogP contribution in [0, 0.1) is 0 Å². The summed E-state index contributed by atoms with van der Waals surface area (Å²) < 4.78 is 61.4. The van der Waals surface area contributed by atoms with Crippen molar-refractivity contribution in [2.45, 2.75) is 56.6 Å². The van der Waals surface area contributed by atoms with Gasteiger partial charge in [0.2, 0.25) is 0 Å². The van der Waals surface area contributed by atoms with E-state index in [0.29, 0.717) is 29.1 Å². The highest BCUT2D eigenvalue weighted by Gasteiger charge is 2.50. The van der Waals surface area contributed by atoms with E-state index in [2.05, 4.69) is 27.4 Å². The van der Waals surface area contributed by atoms with E-state index in [0.717, 1.165) is 26.1 Å². The minimum atomic E-state index is -5.24. The highest BCUT2D eigenvalue weighted by atomic mass is 127. The Labute approximate surface area is 182 Å². The second-order valence-corrected chi connectivity index (χ2v) is 8.93. The van der Waals surface area contributed by atoms with E-state index < -0.39 is 15.5 Å². The fourth-order valence-electron chi connectivity index (χ4n) is 3.70. The largest absolute Gasteiger partial charge is 0.511 e. The second-order valence-electron chi connectivity index (χ2n) is 7.00. The molecule has 12 heteroatoms. The highest BCUT2D eigenvalue weighted by Crippen LogP contribution is 2.28. The molecule has 2 N–H and O–H groups in total. The first-order valence-corrected chi connectivity index (χ1v) is 10.9. The van der Waals surface area contributed by atoms with Crippen molar-refractivity contribution in [3.63, 3.8) is 0 Å². The Kier molecular flexibility index (Phi) is 10.2. The lowest BCUT2D eigenvalue weighted by atomic mass is 10.0. The lowest BCUT2D eigenvalue weighted by molar-refractivity contribution is -0.0494. The number of halogens is 4. The molecular formula is C16H31F3IN5O2S. The Hall–Kier alpha value is -0.340. The monoisotopic (exact) mass is 541 g/mol. The SMILES string of the molecule is CCN1CCCCC1CNC(=NC)NC1CCN(S(=O)(=O)C(F)(F)F)CC1.I. The van der Waals surface area contributed by atoms with E-state index in [4.69, 9.17) is 0 Å². The van der Waals surface area contributed by atoms with Gasteiger partial charge in [0.1, 0.15) is 0 Å². The van der Waals surface area contributed by atoms with E-state index in [9.17, 15) is 21.6 Å². The molecule has 0 spiro atoms. The van der Waals surface area contributed by atoms with Gasteiger partial charge in [-0.2, -0.15) is 17.5 Å². The van der Waals surface area contributed by atoms with Gasteiger partial charge in [-0.1, -0.05) is 13.3 Å². The molecule has 0 saturated carbocycles. The van der Waals surface area contributed by atoms with Gasteiger partial charge in [-0.3, -0.25) is 9.89 Å². The summed E-state index contributed by atoms with van der Waals surface area (Å²) in [5.41, 5.74) is -5.24. The average molecular weight is 541 g/mol. The van der Waals surface area contributed by atoms with E-state index in [1.54, 1.807) is 7.05 Å². The van der Waals surface area contributed by atoms with Crippen LogP contribution in [-0.2, 0) is 10.0 Å². The quantitative estimate of drug-likeness (QED) is 0.316. The molecule has 0 amide bonds. The van der Waals surface area contributed by atoms with Gasteiger partial charge in [0.15, 0.2) is 5.96 Å². The summed E-state index contributed by atoms with van der Waals surface area (Å²) in [6, 6.07) is 0.339. The van der Waals surface area contributed by atoms with Crippen molar-refractivity contribution < 1.29 is 21.6 Å². The number of hydrogen-bond donors (Lipinski definition) is 2. The van der Waals surface area contributed by atoms with Crippen LogP contribution in [0.4, 0.5) is 13.2 Å². The zero-order valence-electron chi connectivity index (χ0n) is 16.3. The molecule has 0 bridgehead atoms. The molecule has 0 aliphatic carbocycles. The predicted octanol–water partition coefficient (Wildman–Crippen LogP) is 1.96. The molecule has 0 aromatic carbocycles. The first-order valence-electron chi connectivity index (χ1n) is 9.46. The van der Waals surface area contributed by atoms with E-state index in [1.165, 1.54) is 12.8 Å². The molecule has 0 aromatic heterocycles. The van der Waals surface area contributed by atoms with Crippen molar-refractivity contribution in [3.8, 4) is 0 Å². The molecule has 0 radical (unpaired) electrons. The molecule has 1 atom stereocenters. The standard InChI is InChI=1S/C16H30F3N5O2S.HI/c1-3-23-9-5-4-6-14(23)12-21-15(20-2)22-13-7-10-24(11-8-13)27(25,26)16(17,18)19;/h13-14H,3-12H2,1-2H3,(H2,20,21,22);1H. The van der Waals surface area contributed by atoms with Crippen LogP contribution in [0.1, 0.15) is 39.0 Å². The van der Waals surface area contributed by atoms with Crippen LogP contribution in [0.2, 0.25) is 0 Å². The van der Waals surface area contributed by atoms with E-state index in [1.807, 2.05) is 0 Å². The number of piperidine rings is 2. The van der Waals surface area contributed by atoms with Gasteiger partial charge in [-0.25, -0.2) is 8.42 Å². The second kappa shape index (κ2) is 11.2. The number of rotatable bonds is 5. The van der Waals surface area contributed by atoms with Gasteiger partial charge in [-0.15, -0.1) is 24.0 Å². The summed E-state index contributed by atoms with van der Waals surface area (Å²) in [7, 11) is -3.59. The Morgan fingerprint density at radius 1 is 1.14 bits per heavy atom. The minimum absolute atomic E-state index is 0. The zero-order valence-corrected chi connectivity index (χ0v) is 19.5. The van der Waals surface area contributed by atoms with Crippen molar-refractivity contribution in [2.24, 2.45) is 4.99 Å². The lowest BCUT2D eigenvalue weighted by Crippen LogP contribution is -2.53. The number of sulfonamides is 1. The number of likely N-dealkylation sites (tertiary alicyclic amines) is 1. The third kappa shape index (κ3) is 6.59. The molecule has 2 aliphatic rings. The molecule has 28 heavy (non-hydrogen) atoms. The number of alkyl halides is 3. The fourth-order valence-corrected chi connectivity index (χ4v) is 4.68. The maximum absolute atomic E-state index is 12.6. The molecule has 2 saturated heterocycles. The number of hydrogen-bond acceptors (Lipinski definition) is 4. The molecule has 2 aliphatic heterocycles. The lowest BCUT2D eigenvalue weighted by Gasteiger charge is -2.36. The Morgan fingerprint density at radius 3 is 2.32 bits per heavy atom. The number of aliphatic imine (C=N–C) groups is 1. The van der Waals surface area contributed by atoms with Crippen molar-refractivity contribution in [2.75, 3.05) is 39.8 Å².